The molecular weight excluding hydrogens is 318 g/mol. The molecule has 0 radical (unpaired) electrons. The predicted octanol–water partition coefficient (Wildman–Crippen LogP) is 2.55. The van der Waals surface area contributed by atoms with Gasteiger partial charge in [0.25, 0.3) is 5.91 Å². The van der Waals surface area contributed by atoms with Gasteiger partial charge in [0.15, 0.2) is 0 Å². The summed E-state index contributed by atoms with van der Waals surface area (Å²) in [6.45, 7) is 5.61. The number of nitrogens with zero attached hydrogens (tertiary/aromatic N) is 4. The van der Waals surface area contributed by atoms with Gasteiger partial charge in [0.1, 0.15) is 5.82 Å². The van der Waals surface area contributed by atoms with E-state index in [4.69, 9.17) is 4.52 Å². The minimum absolute atomic E-state index is 0.0490. The molecule has 3 heterocycles. The van der Waals surface area contributed by atoms with E-state index in [1.54, 1.807) is 24.7 Å². The maximum atomic E-state index is 12.7. The van der Waals surface area contributed by atoms with Crippen molar-refractivity contribution in [2.45, 2.75) is 38.6 Å². The maximum absolute atomic E-state index is 12.7. The van der Waals surface area contributed by atoms with Crippen LogP contribution in [0, 0.1) is 11.8 Å². The quantitative estimate of drug-likeness (QED) is 0.920. The Morgan fingerprint density at radius 1 is 1.32 bits per heavy atom. The van der Waals surface area contributed by atoms with E-state index in [1.165, 1.54) is 0 Å². The van der Waals surface area contributed by atoms with Crippen LogP contribution in [0.4, 0.5) is 5.82 Å². The Hall–Kier alpha value is -2.44. The fourth-order valence-electron chi connectivity index (χ4n) is 3.99. The zero-order chi connectivity index (χ0) is 17.4. The lowest BCUT2D eigenvalue weighted by atomic mass is 9.98. The van der Waals surface area contributed by atoms with Gasteiger partial charge in [-0.2, -0.15) is 0 Å². The van der Waals surface area contributed by atoms with Crippen LogP contribution in [0.1, 0.15) is 48.9 Å². The van der Waals surface area contributed by atoms with Gasteiger partial charge >= 0.3 is 0 Å². The van der Waals surface area contributed by atoms with E-state index >= 15 is 0 Å². The standard InChI is InChI=1S/C18H23N5O2/c1-11(2)15-7-16(25-22-15)18(24)23-9-12-3-4-14(13(12)10-23)21-17-8-19-5-6-20-17/h5-8,11-14H,3-4,9-10H2,1-2H3,(H,20,21)/t12-,13+,14-/m1/s1. The Labute approximate surface area is 146 Å². The number of hydrogen-bond acceptors (Lipinski definition) is 6. The molecule has 25 heavy (non-hydrogen) atoms. The molecule has 7 heteroatoms. The van der Waals surface area contributed by atoms with E-state index in [9.17, 15) is 4.79 Å². The molecular formula is C18H23N5O2. The van der Waals surface area contributed by atoms with Gasteiger partial charge in [-0.05, 0) is 24.7 Å². The number of fused-ring (bicyclic) bond motifs is 1. The van der Waals surface area contributed by atoms with Gasteiger partial charge in [0.2, 0.25) is 5.76 Å². The third-order valence-corrected chi connectivity index (χ3v) is 5.37. The van der Waals surface area contributed by atoms with Crippen molar-refractivity contribution in [3.8, 4) is 0 Å². The molecule has 2 aromatic heterocycles. The van der Waals surface area contributed by atoms with Gasteiger partial charge in [0, 0.05) is 43.5 Å². The first-order valence-electron chi connectivity index (χ1n) is 8.90. The van der Waals surface area contributed by atoms with Crippen molar-refractivity contribution in [2.24, 2.45) is 11.8 Å². The van der Waals surface area contributed by atoms with Crippen LogP contribution in [0.25, 0.3) is 0 Å². The summed E-state index contributed by atoms with van der Waals surface area (Å²) >= 11 is 0. The van der Waals surface area contributed by atoms with Crippen molar-refractivity contribution >= 4 is 11.7 Å². The summed E-state index contributed by atoms with van der Waals surface area (Å²) < 4.78 is 5.27. The zero-order valence-corrected chi connectivity index (χ0v) is 14.6. The molecule has 1 aliphatic carbocycles. The van der Waals surface area contributed by atoms with Crippen LogP contribution in [-0.4, -0.2) is 45.1 Å². The van der Waals surface area contributed by atoms with Crippen LogP contribution in [-0.2, 0) is 0 Å². The third kappa shape index (κ3) is 3.10. The number of aromatic nitrogens is 3. The second-order valence-electron chi connectivity index (χ2n) is 7.32. The fraction of sp³-hybridized carbons (Fsp3) is 0.556. The highest BCUT2D eigenvalue weighted by Gasteiger charge is 2.44. The molecule has 1 amide bonds. The largest absolute Gasteiger partial charge is 0.366 e. The van der Waals surface area contributed by atoms with E-state index in [2.05, 4.69) is 20.4 Å². The lowest BCUT2D eigenvalue weighted by Gasteiger charge is -2.21. The van der Waals surface area contributed by atoms with E-state index in [1.807, 2.05) is 18.7 Å². The van der Waals surface area contributed by atoms with Crippen molar-refractivity contribution < 1.29 is 9.32 Å². The number of carbonyl (C=O) groups is 1. The van der Waals surface area contributed by atoms with Gasteiger partial charge in [-0.15, -0.1) is 0 Å². The fourth-order valence-corrected chi connectivity index (χ4v) is 3.99. The summed E-state index contributed by atoms with van der Waals surface area (Å²) in [5.74, 6) is 2.33. The van der Waals surface area contributed by atoms with Crippen LogP contribution >= 0.6 is 0 Å². The summed E-state index contributed by atoms with van der Waals surface area (Å²) in [6.07, 6.45) is 7.33. The van der Waals surface area contributed by atoms with Gasteiger partial charge in [-0.25, -0.2) is 4.98 Å². The minimum Gasteiger partial charge on any atom is -0.366 e. The zero-order valence-electron chi connectivity index (χ0n) is 14.6. The van der Waals surface area contributed by atoms with Crippen molar-refractivity contribution in [1.29, 1.82) is 0 Å². The van der Waals surface area contributed by atoms with Crippen molar-refractivity contribution in [3.63, 3.8) is 0 Å². The summed E-state index contributed by atoms with van der Waals surface area (Å²) in [7, 11) is 0. The monoisotopic (exact) mass is 341 g/mol. The van der Waals surface area contributed by atoms with Crippen LogP contribution in [0.2, 0.25) is 0 Å². The van der Waals surface area contributed by atoms with Crippen LogP contribution in [0.3, 0.4) is 0 Å². The van der Waals surface area contributed by atoms with E-state index < -0.39 is 0 Å². The molecule has 1 aliphatic heterocycles. The second-order valence-corrected chi connectivity index (χ2v) is 7.32. The number of anilines is 1. The third-order valence-electron chi connectivity index (χ3n) is 5.37. The first kappa shape index (κ1) is 16.1. The number of rotatable bonds is 4. The summed E-state index contributed by atoms with van der Waals surface area (Å²) in [6, 6.07) is 2.11. The molecule has 1 N–H and O–H groups in total. The van der Waals surface area contributed by atoms with Crippen molar-refractivity contribution in [2.75, 3.05) is 18.4 Å². The number of likely N-dealkylation sites (tertiary alicyclic amines) is 1. The summed E-state index contributed by atoms with van der Waals surface area (Å²) in [5, 5.41) is 7.48. The highest BCUT2D eigenvalue weighted by atomic mass is 16.5. The topological polar surface area (TPSA) is 84.2 Å². The Morgan fingerprint density at radius 3 is 2.92 bits per heavy atom. The van der Waals surface area contributed by atoms with E-state index in [0.717, 1.165) is 37.4 Å². The predicted molar refractivity (Wildman–Crippen MR) is 92.2 cm³/mol. The van der Waals surface area contributed by atoms with Crippen LogP contribution < -0.4 is 5.32 Å². The number of nitrogens with one attached hydrogen (secondary N) is 1. The molecule has 0 spiro atoms. The van der Waals surface area contributed by atoms with Gasteiger partial charge in [-0.3, -0.25) is 9.78 Å². The first-order chi connectivity index (χ1) is 12.1. The molecule has 2 fully saturated rings. The Morgan fingerprint density at radius 2 is 2.20 bits per heavy atom. The molecule has 2 aromatic rings. The molecule has 1 saturated carbocycles. The molecule has 4 rings (SSSR count). The normalized spacial score (nSPS) is 25.4. The lowest BCUT2D eigenvalue weighted by Crippen LogP contribution is -2.33. The molecule has 0 aromatic carbocycles. The molecule has 3 atom stereocenters. The highest BCUT2D eigenvalue weighted by molar-refractivity contribution is 5.91. The summed E-state index contributed by atoms with van der Waals surface area (Å²) in [5.41, 5.74) is 0.824. The number of amides is 1. The second kappa shape index (κ2) is 6.46. The van der Waals surface area contributed by atoms with E-state index in [0.29, 0.717) is 23.6 Å². The smallest absolute Gasteiger partial charge is 0.292 e. The lowest BCUT2D eigenvalue weighted by molar-refractivity contribution is 0.0738. The van der Waals surface area contributed by atoms with Crippen LogP contribution in [0.15, 0.2) is 29.2 Å². The first-order valence-corrected chi connectivity index (χ1v) is 8.90. The van der Waals surface area contributed by atoms with E-state index in [-0.39, 0.29) is 11.8 Å². The minimum atomic E-state index is -0.0490. The van der Waals surface area contributed by atoms with Gasteiger partial charge in [-0.1, -0.05) is 19.0 Å². The molecule has 1 saturated heterocycles. The van der Waals surface area contributed by atoms with Gasteiger partial charge in [0.05, 0.1) is 11.9 Å². The molecule has 7 nitrogen and oxygen atoms in total. The SMILES string of the molecule is CC(C)c1cc(C(=O)N2C[C@H]3CC[C@@H](Nc4cnccn4)[C@H]3C2)on1. The van der Waals surface area contributed by atoms with Crippen molar-refractivity contribution in [1.82, 2.24) is 20.0 Å². The Kier molecular flexibility index (Phi) is 4.15. The average Bonchev–Trinajstić information content (AvgIpc) is 3.32. The Balaban J connectivity index is 1.42. The highest BCUT2D eigenvalue weighted by Crippen LogP contribution is 2.39. The number of hydrogen-bond donors (Lipinski definition) is 1. The molecule has 0 bridgehead atoms. The Bertz CT molecular complexity index is 745. The maximum Gasteiger partial charge on any atom is 0.292 e. The molecule has 132 valence electrons. The molecule has 2 aliphatic rings. The average molecular weight is 341 g/mol. The number of carbonyl (C=O) groups excluding carboxylic acids is 1. The summed E-state index contributed by atoms with van der Waals surface area (Å²) in [4.78, 5) is 23.0. The van der Waals surface area contributed by atoms with Crippen LogP contribution in [0.5, 0.6) is 0 Å². The molecule has 0 unspecified atom stereocenters. The van der Waals surface area contributed by atoms with Crippen molar-refractivity contribution in [3.05, 3.63) is 36.1 Å². The van der Waals surface area contributed by atoms with Gasteiger partial charge < -0.3 is 14.7 Å².